The summed E-state index contributed by atoms with van der Waals surface area (Å²) in [5, 5.41) is 0. The molecule has 0 N–H and O–H groups in total. The molecule has 0 aromatic heterocycles. The molecule has 0 aliphatic heterocycles. The fraction of sp³-hybridized carbons (Fsp3) is 0.222. The number of hydrogen-bond donors (Lipinski definition) is 0. The molecule has 0 atom stereocenters. The van der Waals surface area contributed by atoms with Crippen molar-refractivity contribution in [3.05, 3.63) is 67.5 Å². The van der Waals surface area contributed by atoms with Crippen molar-refractivity contribution in [3.63, 3.8) is 0 Å². The second-order valence-corrected chi connectivity index (χ2v) is 5.41. The van der Waals surface area contributed by atoms with Gasteiger partial charge >= 0.3 is 0 Å². The number of ketones is 1. The van der Waals surface area contributed by atoms with Crippen LogP contribution in [0.25, 0.3) is 0 Å². The van der Waals surface area contributed by atoms with Gasteiger partial charge < -0.3 is 9.80 Å². The Kier molecular flexibility index (Phi) is 5.05. The fourth-order valence-electron chi connectivity index (χ4n) is 2.14. The van der Waals surface area contributed by atoms with E-state index in [0.29, 0.717) is 5.56 Å². The molecule has 2 rings (SSSR count). The highest BCUT2D eigenvalue weighted by atomic mass is 16.1. The minimum absolute atomic E-state index is 0.0187. The van der Waals surface area contributed by atoms with Gasteiger partial charge in [-0.15, -0.1) is 0 Å². The smallest absolute Gasteiger partial charge is 0.187 e. The van der Waals surface area contributed by atoms with E-state index in [1.54, 1.807) is 6.08 Å². The molecule has 1 aromatic rings. The summed E-state index contributed by atoms with van der Waals surface area (Å²) < 4.78 is 0. The number of allylic oxidation sites excluding steroid dienone is 2. The summed E-state index contributed by atoms with van der Waals surface area (Å²) >= 11 is 0. The molecule has 1 fully saturated rings. The zero-order chi connectivity index (χ0) is 15.4. The molecule has 0 bridgehead atoms. The van der Waals surface area contributed by atoms with Crippen molar-refractivity contribution in [2.75, 3.05) is 38.0 Å². The molecule has 1 aliphatic carbocycles. The number of carbonyl (C=O) groups excluding carboxylic acids is 1. The van der Waals surface area contributed by atoms with E-state index in [-0.39, 0.29) is 5.78 Å². The average Bonchev–Trinajstić information content (AvgIpc) is 2.97. The number of hydrogen-bond acceptors (Lipinski definition) is 3. The molecule has 1 aliphatic rings. The van der Waals surface area contributed by atoms with E-state index in [2.05, 4.69) is 0 Å². The number of anilines is 2. The van der Waals surface area contributed by atoms with Gasteiger partial charge in [0, 0.05) is 51.0 Å². The van der Waals surface area contributed by atoms with Crippen LogP contribution in [0, 0.1) is 31.6 Å². The summed E-state index contributed by atoms with van der Waals surface area (Å²) in [5.41, 5.74) is 2.72. The summed E-state index contributed by atoms with van der Waals surface area (Å²) in [7, 11) is 7.88. The molecule has 109 valence electrons. The van der Waals surface area contributed by atoms with Crippen molar-refractivity contribution >= 4 is 17.2 Å². The minimum atomic E-state index is 0.0187. The van der Waals surface area contributed by atoms with Crippen molar-refractivity contribution in [2.45, 2.75) is 0 Å². The van der Waals surface area contributed by atoms with Gasteiger partial charge in [0.2, 0.25) is 0 Å². The van der Waals surface area contributed by atoms with Gasteiger partial charge in [-0.25, -0.2) is 0 Å². The lowest BCUT2D eigenvalue weighted by molar-refractivity contribution is 0.104. The van der Waals surface area contributed by atoms with Crippen LogP contribution in [0.4, 0.5) is 11.4 Å². The number of carbonyl (C=O) groups is 1. The quantitative estimate of drug-likeness (QED) is 0.612. The second-order valence-electron chi connectivity index (χ2n) is 5.41. The highest BCUT2D eigenvalue weighted by molar-refractivity contribution is 6.09. The van der Waals surface area contributed by atoms with Crippen molar-refractivity contribution in [1.29, 1.82) is 0 Å². The van der Waals surface area contributed by atoms with Crippen LogP contribution in [0.15, 0.2) is 30.4 Å². The third-order valence-electron chi connectivity index (χ3n) is 3.36. The Bertz CT molecular complexity index is 526. The van der Waals surface area contributed by atoms with Gasteiger partial charge in [-0.2, -0.15) is 0 Å². The van der Waals surface area contributed by atoms with Crippen molar-refractivity contribution in [2.24, 2.45) is 0 Å². The summed E-state index contributed by atoms with van der Waals surface area (Å²) in [4.78, 5) is 16.4. The zero-order valence-electron chi connectivity index (χ0n) is 13.0. The number of nitrogens with zero attached hydrogens (tertiary/aromatic N) is 2. The van der Waals surface area contributed by atoms with Crippen LogP contribution in [0.1, 0.15) is 10.4 Å². The maximum atomic E-state index is 12.4. The van der Waals surface area contributed by atoms with Crippen LogP contribution in [-0.4, -0.2) is 34.0 Å². The van der Waals surface area contributed by atoms with Gasteiger partial charge in [0.05, 0.1) is 0 Å². The predicted octanol–water partition coefficient (Wildman–Crippen LogP) is 2.96. The Hall–Kier alpha value is -1.77. The normalized spacial score (nSPS) is 15.6. The summed E-state index contributed by atoms with van der Waals surface area (Å²) in [5.74, 6) is 1.06. The largest absolute Gasteiger partial charge is 0.378 e. The maximum absolute atomic E-state index is 12.4. The second kappa shape index (κ2) is 6.79. The highest BCUT2D eigenvalue weighted by Crippen LogP contribution is 2.27. The van der Waals surface area contributed by atoms with Crippen LogP contribution in [0.5, 0.6) is 0 Å². The van der Waals surface area contributed by atoms with E-state index in [0.717, 1.165) is 17.3 Å². The van der Waals surface area contributed by atoms with E-state index in [4.69, 9.17) is 0 Å². The van der Waals surface area contributed by atoms with E-state index >= 15 is 0 Å². The molecule has 1 aromatic carbocycles. The van der Waals surface area contributed by atoms with E-state index in [9.17, 15) is 4.79 Å². The standard InChI is InChI=1S/C18H21N2O/c1-19(2)15-10-11-16(17(13-15)20(3)4)18(21)12-9-14-7-5-6-8-14/h5-13H,1-4H3/b12-9+. The average molecular weight is 281 g/mol. The predicted molar refractivity (Wildman–Crippen MR) is 89.0 cm³/mol. The van der Waals surface area contributed by atoms with Crippen LogP contribution < -0.4 is 9.80 Å². The molecule has 21 heavy (non-hydrogen) atoms. The lowest BCUT2D eigenvalue weighted by atomic mass is 10.0. The Morgan fingerprint density at radius 1 is 1.00 bits per heavy atom. The summed E-state index contributed by atoms with van der Waals surface area (Å²) in [6, 6.07) is 5.89. The van der Waals surface area contributed by atoms with Crippen LogP contribution in [-0.2, 0) is 0 Å². The van der Waals surface area contributed by atoms with Crippen LogP contribution >= 0.6 is 0 Å². The molecule has 1 saturated carbocycles. The van der Waals surface area contributed by atoms with E-state index < -0.39 is 0 Å². The molecule has 3 heteroatoms. The molecular formula is C18H21N2O. The molecular weight excluding hydrogens is 260 g/mol. The topological polar surface area (TPSA) is 23.6 Å². The summed E-state index contributed by atoms with van der Waals surface area (Å²) in [6.45, 7) is 0. The van der Waals surface area contributed by atoms with E-state index in [1.807, 2.05) is 87.9 Å². The Labute approximate surface area is 128 Å². The van der Waals surface area contributed by atoms with Gasteiger partial charge in [-0.3, -0.25) is 4.79 Å². The van der Waals surface area contributed by atoms with Gasteiger partial charge in [-0.05, 0) is 50.0 Å². The Morgan fingerprint density at radius 2 is 1.67 bits per heavy atom. The fourth-order valence-corrected chi connectivity index (χ4v) is 2.14. The lowest BCUT2D eigenvalue weighted by Gasteiger charge is -2.20. The first-order valence-electron chi connectivity index (χ1n) is 6.92. The number of rotatable bonds is 5. The highest BCUT2D eigenvalue weighted by Gasteiger charge is 2.16. The van der Waals surface area contributed by atoms with Crippen molar-refractivity contribution < 1.29 is 4.79 Å². The first kappa shape index (κ1) is 15.6. The summed E-state index contributed by atoms with van der Waals surface area (Å²) in [6.07, 6.45) is 11.4. The van der Waals surface area contributed by atoms with Gasteiger partial charge in [0.1, 0.15) is 0 Å². The third-order valence-corrected chi connectivity index (χ3v) is 3.36. The first-order valence-corrected chi connectivity index (χ1v) is 6.92. The van der Waals surface area contributed by atoms with Crippen molar-refractivity contribution in [1.82, 2.24) is 0 Å². The van der Waals surface area contributed by atoms with Gasteiger partial charge in [0.25, 0.3) is 0 Å². The Morgan fingerprint density at radius 3 is 2.24 bits per heavy atom. The molecule has 0 amide bonds. The monoisotopic (exact) mass is 281 g/mol. The van der Waals surface area contributed by atoms with Crippen molar-refractivity contribution in [3.8, 4) is 0 Å². The van der Waals surface area contributed by atoms with E-state index in [1.165, 1.54) is 0 Å². The van der Waals surface area contributed by atoms with Crippen LogP contribution in [0.3, 0.4) is 0 Å². The lowest BCUT2D eigenvalue weighted by Crippen LogP contribution is -2.16. The molecule has 5 radical (unpaired) electrons. The first-order chi connectivity index (χ1) is 9.99. The molecule has 0 spiro atoms. The third kappa shape index (κ3) is 3.87. The molecule has 3 nitrogen and oxygen atoms in total. The molecule has 0 heterocycles. The Balaban J connectivity index is 2.23. The SMILES string of the molecule is CN(C)c1ccc(C(=O)/C=C/[C]2[CH][CH][CH][CH]2)c(N(C)C)c1. The zero-order valence-corrected chi connectivity index (χ0v) is 13.0. The maximum Gasteiger partial charge on any atom is 0.187 e. The molecule has 0 saturated heterocycles. The molecule has 0 unspecified atom stereocenters. The minimum Gasteiger partial charge on any atom is -0.378 e. The van der Waals surface area contributed by atoms with Gasteiger partial charge in [-0.1, -0.05) is 6.08 Å². The van der Waals surface area contributed by atoms with Crippen LogP contribution in [0.2, 0.25) is 0 Å². The number of benzene rings is 1. The van der Waals surface area contributed by atoms with Gasteiger partial charge in [0.15, 0.2) is 5.78 Å².